The van der Waals surface area contributed by atoms with Crippen molar-refractivity contribution in [2.45, 2.75) is 25.8 Å². The molecule has 0 fully saturated rings. The molecule has 5 heteroatoms. The number of hydrogen-bond acceptors (Lipinski definition) is 3. The maximum atomic E-state index is 13.3. The molecule has 0 spiro atoms. The average molecular weight is 324 g/mol. The summed E-state index contributed by atoms with van der Waals surface area (Å²) in [5.41, 5.74) is 7.53. The fourth-order valence-electron chi connectivity index (χ4n) is 1.74. The van der Waals surface area contributed by atoms with Crippen molar-refractivity contribution in [3.8, 4) is 11.4 Å². The Labute approximate surface area is 120 Å². The van der Waals surface area contributed by atoms with Crippen molar-refractivity contribution in [3.05, 3.63) is 46.4 Å². The molecule has 0 amide bonds. The van der Waals surface area contributed by atoms with E-state index in [1.807, 2.05) is 6.92 Å². The van der Waals surface area contributed by atoms with Crippen LogP contribution in [0.5, 0.6) is 0 Å². The number of halogens is 2. The van der Waals surface area contributed by atoms with Crippen LogP contribution in [0.15, 0.2) is 35.1 Å². The van der Waals surface area contributed by atoms with Crippen LogP contribution in [0.1, 0.15) is 18.9 Å². The van der Waals surface area contributed by atoms with Gasteiger partial charge in [-0.15, -0.1) is 0 Å². The molecule has 3 nitrogen and oxygen atoms in total. The van der Waals surface area contributed by atoms with Crippen molar-refractivity contribution in [2.75, 3.05) is 0 Å². The summed E-state index contributed by atoms with van der Waals surface area (Å²) in [7, 11) is 0. The first-order chi connectivity index (χ1) is 9.08. The molecule has 0 aliphatic carbocycles. The smallest absolute Gasteiger partial charge is 0.159 e. The lowest BCUT2D eigenvalue weighted by atomic mass is 10.1. The Morgan fingerprint density at radius 3 is 2.53 bits per heavy atom. The van der Waals surface area contributed by atoms with Crippen LogP contribution in [-0.4, -0.2) is 16.0 Å². The van der Waals surface area contributed by atoms with Crippen molar-refractivity contribution in [1.82, 2.24) is 9.97 Å². The highest BCUT2D eigenvalue weighted by Gasteiger charge is 2.06. The van der Waals surface area contributed by atoms with Crippen molar-refractivity contribution in [2.24, 2.45) is 5.73 Å². The van der Waals surface area contributed by atoms with E-state index in [4.69, 9.17) is 5.73 Å². The first-order valence-corrected chi connectivity index (χ1v) is 6.90. The van der Waals surface area contributed by atoms with Crippen LogP contribution in [0.25, 0.3) is 11.4 Å². The van der Waals surface area contributed by atoms with E-state index in [0.29, 0.717) is 15.9 Å². The number of nitrogens with zero attached hydrogens (tertiary/aromatic N) is 2. The predicted octanol–water partition coefficient (Wildman–Crippen LogP) is 3.33. The Morgan fingerprint density at radius 1 is 1.26 bits per heavy atom. The lowest BCUT2D eigenvalue weighted by molar-refractivity contribution is 0.627. The van der Waals surface area contributed by atoms with E-state index in [2.05, 4.69) is 25.9 Å². The van der Waals surface area contributed by atoms with Crippen LogP contribution in [0.4, 0.5) is 4.39 Å². The lowest BCUT2D eigenvalue weighted by Crippen LogP contribution is -2.21. The molecule has 0 saturated carbocycles. The third-order valence-corrected chi connectivity index (χ3v) is 3.31. The van der Waals surface area contributed by atoms with Gasteiger partial charge in [0.25, 0.3) is 0 Å². The van der Waals surface area contributed by atoms with Crippen LogP contribution in [-0.2, 0) is 6.42 Å². The molecule has 2 aromatic rings. The molecular weight excluding hydrogens is 309 g/mol. The average Bonchev–Trinajstić information content (AvgIpc) is 2.38. The minimum Gasteiger partial charge on any atom is -0.327 e. The summed E-state index contributed by atoms with van der Waals surface area (Å²) in [4.78, 5) is 8.53. The van der Waals surface area contributed by atoms with Crippen LogP contribution >= 0.6 is 15.9 Å². The predicted molar refractivity (Wildman–Crippen MR) is 77.1 cm³/mol. The van der Waals surface area contributed by atoms with E-state index in [0.717, 1.165) is 18.4 Å². The van der Waals surface area contributed by atoms with E-state index in [1.165, 1.54) is 12.1 Å². The molecule has 0 radical (unpaired) electrons. The number of aromatic nitrogens is 2. The Balaban J connectivity index is 2.22. The summed E-state index contributed by atoms with van der Waals surface area (Å²) in [6, 6.07) is 4.73. The van der Waals surface area contributed by atoms with Gasteiger partial charge in [0, 0.05) is 28.5 Å². The van der Waals surface area contributed by atoms with Gasteiger partial charge in [0.15, 0.2) is 5.82 Å². The summed E-state index contributed by atoms with van der Waals surface area (Å²) in [6.07, 6.45) is 5.16. The van der Waals surface area contributed by atoms with Crippen LogP contribution in [0.3, 0.4) is 0 Å². The minimum atomic E-state index is -0.315. The first kappa shape index (κ1) is 14.1. The second-order valence-corrected chi connectivity index (χ2v) is 5.36. The minimum absolute atomic E-state index is 0.123. The molecule has 1 aromatic carbocycles. The second-order valence-electron chi connectivity index (χ2n) is 4.45. The fourth-order valence-corrected chi connectivity index (χ4v) is 2.20. The van der Waals surface area contributed by atoms with E-state index >= 15 is 0 Å². The number of rotatable bonds is 4. The fraction of sp³-hybridized carbons (Fsp3) is 0.286. The molecule has 1 heterocycles. The Kier molecular flexibility index (Phi) is 4.61. The highest BCUT2D eigenvalue weighted by molar-refractivity contribution is 9.10. The zero-order valence-electron chi connectivity index (χ0n) is 10.6. The van der Waals surface area contributed by atoms with Gasteiger partial charge in [-0.3, -0.25) is 0 Å². The monoisotopic (exact) mass is 323 g/mol. The Hall–Kier alpha value is -1.33. The van der Waals surface area contributed by atoms with Crippen LogP contribution in [0, 0.1) is 5.82 Å². The molecule has 0 bridgehead atoms. The SMILES string of the molecule is CCC(N)Cc1cnc(-c2cc(F)cc(Br)c2)nc1. The first-order valence-electron chi connectivity index (χ1n) is 6.11. The Bertz CT molecular complexity index is 537. The summed E-state index contributed by atoms with van der Waals surface area (Å²) in [5, 5.41) is 0. The number of hydrogen-bond donors (Lipinski definition) is 1. The van der Waals surface area contributed by atoms with Crippen molar-refractivity contribution in [1.29, 1.82) is 0 Å². The zero-order chi connectivity index (χ0) is 13.8. The largest absolute Gasteiger partial charge is 0.327 e. The maximum Gasteiger partial charge on any atom is 0.159 e. The number of benzene rings is 1. The third kappa shape index (κ3) is 3.81. The van der Waals surface area contributed by atoms with Gasteiger partial charge in [0.05, 0.1) is 0 Å². The molecule has 0 saturated heterocycles. The quantitative estimate of drug-likeness (QED) is 0.938. The summed E-state index contributed by atoms with van der Waals surface area (Å²) in [5.74, 6) is 0.194. The standard InChI is InChI=1S/C14H15BrFN3/c1-2-13(17)3-9-7-18-14(19-8-9)10-4-11(15)6-12(16)5-10/h4-8,13H,2-3,17H2,1H3. The second kappa shape index (κ2) is 6.21. The van der Waals surface area contributed by atoms with Gasteiger partial charge in [0.2, 0.25) is 0 Å². The molecule has 19 heavy (non-hydrogen) atoms. The van der Waals surface area contributed by atoms with Gasteiger partial charge >= 0.3 is 0 Å². The third-order valence-electron chi connectivity index (χ3n) is 2.85. The molecular formula is C14H15BrFN3. The Morgan fingerprint density at radius 2 is 1.95 bits per heavy atom. The van der Waals surface area contributed by atoms with E-state index < -0.39 is 0 Å². The number of nitrogens with two attached hydrogens (primary N) is 1. The van der Waals surface area contributed by atoms with Gasteiger partial charge in [-0.05, 0) is 36.6 Å². The van der Waals surface area contributed by atoms with E-state index in [-0.39, 0.29) is 11.9 Å². The van der Waals surface area contributed by atoms with Gasteiger partial charge in [-0.2, -0.15) is 0 Å². The molecule has 1 aromatic heterocycles. The van der Waals surface area contributed by atoms with Crippen molar-refractivity contribution in [3.63, 3.8) is 0 Å². The highest BCUT2D eigenvalue weighted by atomic mass is 79.9. The summed E-state index contributed by atoms with van der Waals surface area (Å²) < 4.78 is 14.0. The summed E-state index contributed by atoms with van der Waals surface area (Å²) >= 11 is 3.25. The van der Waals surface area contributed by atoms with Crippen LogP contribution in [0.2, 0.25) is 0 Å². The van der Waals surface area contributed by atoms with Crippen molar-refractivity contribution >= 4 is 15.9 Å². The topological polar surface area (TPSA) is 51.8 Å². The molecule has 2 rings (SSSR count). The maximum absolute atomic E-state index is 13.3. The lowest BCUT2D eigenvalue weighted by Gasteiger charge is -2.08. The summed E-state index contributed by atoms with van der Waals surface area (Å²) in [6.45, 7) is 2.05. The van der Waals surface area contributed by atoms with Crippen LogP contribution < -0.4 is 5.73 Å². The molecule has 0 aliphatic rings. The zero-order valence-corrected chi connectivity index (χ0v) is 12.2. The highest BCUT2D eigenvalue weighted by Crippen LogP contribution is 2.21. The normalized spacial score (nSPS) is 12.4. The molecule has 100 valence electrons. The molecule has 0 aliphatic heterocycles. The molecule has 1 unspecified atom stereocenters. The van der Waals surface area contributed by atoms with Gasteiger partial charge in [-0.1, -0.05) is 22.9 Å². The van der Waals surface area contributed by atoms with Gasteiger partial charge < -0.3 is 5.73 Å². The van der Waals surface area contributed by atoms with E-state index in [1.54, 1.807) is 18.5 Å². The molecule has 2 N–H and O–H groups in total. The van der Waals surface area contributed by atoms with Gasteiger partial charge in [0.1, 0.15) is 5.82 Å². The van der Waals surface area contributed by atoms with Gasteiger partial charge in [-0.25, -0.2) is 14.4 Å². The van der Waals surface area contributed by atoms with E-state index in [9.17, 15) is 4.39 Å². The van der Waals surface area contributed by atoms with Crippen molar-refractivity contribution < 1.29 is 4.39 Å². The molecule has 1 atom stereocenters.